The maximum Gasteiger partial charge on any atom is 0.255 e. The molecule has 0 aliphatic carbocycles. The number of hydrogen-bond donors (Lipinski definition) is 2. The summed E-state index contributed by atoms with van der Waals surface area (Å²) >= 11 is 0. The van der Waals surface area contributed by atoms with E-state index in [1.54, 1.807) is 43.2 Å². The maximum absolute atomic E-state index is 13.7. The van der Waals surface area contributed by atoms with Crippen LogP contribution in [0.15, 0.2) is 84.1 Å². The third kappa shape index (κ3) is 4.26. The first-order chi connectivity index (χ1) is 17.5. The van der Waals surface area contributed by atoms with E-state index in [0.717, 1.165) is 0 Å². The minimum Gasteiger partial charge on any atom is -0.497 e. The van der Waals surface area contributed by atoms with E-state index in [4.69, 9.17) is 14.6 Å². The smallest absolute Gasteiger partial charge is 0.255 e. The van der Waals surface area contributed by atoms with Crippen molar-refractivity contribution in [2.75, 3.05) is 24.9 Å². The van der Waals surface area contributed by atoms with E-state index in [9.17, 15) is 9.18 Å². The number of ether oxygens (including phenoxy) is 2. The Balaban J connectivity index is 1.66. The Labute approximate surface area is 207 Å². The molecule has 9 heteroatoms. The fourth-order valence-corrected chi connectivity index (χ4v) is 4.23. The summed E-state index contributed by atoms with van der Waals surface area (Å²) in [4.78, 5) is 18.3. The number of fused-ring (bicyclic) bond motifs is 1. The average Bonchev–Trinajstić information content (AvgIpc) is 3.32. The van der Waals surface area contributed by atoms with Gasteiger partial charge in [-0.15, -0.1) is 5.10 Å². The Morgan fingerprint density at radius 2 is 1.78 bits per heavy atom. The second-order valence-electron chi connectivity index (χ2n) is 8.20. The van der Waals surface area contributed by atoms with E-state index in [1.165, 1.54) is 12.1 Å². The van der Waals surface area contributed by atoms with Crippen molar-refractivity contribution < 1.29 is 18.7 Å². The monoisotopic (exact) mass is 485 g/mol. The first-order valence-corrected chi connectivity index (χ1v) is 11.3. The lowest BCUT2D eigenvalue weighted by molar-refractivity contribution is -0.113. The predicted molar refractivity (Wildman–Crippen MR) is 134 cm³/mol. The number of carbonyl (C=O) groups is 1. The number of hydrogen-bond acceptors (Lipinski definition) is 6. The van der Waals surface area contributed by atoms with Gasteiger partial charge in [0.2, 0.25) is 5.95 Å². The van der Waals surface area contributed by atoms with Crippen molar-refractivity contribution in [3.8, 4) is 22.9 Å². The molecule has 3 aromatic carbocycles. The molecule has 0 saturated heterocycles. The molecule has 36 heavy (non-hydrogen) atoms. The largest absolute Gasteiger partial charge is 0.497 e. The lowest BCUT2D eigenvalue weighted by Crippen LogP contribution is -2.31. The third-order valence-electron chi connectivity index (χ3n) is 5.96. The molecule has 0 radical (unpaired) electrons. The number of aromatic nitrogens is 3. The van der Waals surface area contributed by atoms with Gasteiger partial charge in [-0.25, -0.2) is 9.07 Å². The maximum atomic E-state index is 13.7. The minimum absolute atomic E-state index is 0.300. The van der Waals surface area contributed by atoms with Crippen LogP contribution in [0.2, 0.25) is 0 Å². The van der Waals surface area contributed by atoms with E-state index < -0.39 is 6.04 Å². The minimum atomic E-state index is -0.684. The van der Waals surface area contributed by atoms with Crippen LogP contribution in [0.4, 0.5) is 16.0 Å². The quantitative estimate of drug-likeness (QED) is 0.398. The van der Waals surface area contributed by atoms with Gasteiger partial charge in [-0.05, 0) is 61.5 Å². The second-order valence-corrected chi connectivity index (χ2v) is 8.20. The van der Waals surface area contributed by atoms with Gasteiger partial charge in [0, 0.05) is 22.5 Å². The number of anilines is 2. The number of benzene rings is 3. The van der Waals surface area contributed by atoms with E-state index in [2.05, 4.69) is 15.6 Å². The van der Waals surface area contributed by atoms with Gasteiger partial charge in [0.1, 0.15) is 23.4 Å². The molecule has 2 heterocycles. The summed E-state index contributed by atoms with van der Waals surface area (Å²) in [5.74, 6) is 1.35. The molecule has 0 fully saturated rings. The fraction of sp³-hybridized carbons (Fsp3) is 0.148. The number of nitrogens with zero attached hydrogens (tertiary/aromatic N) is 3. The highest BCUT2D eigenvalue weighted by molar-refractivity contribution is 6.06. The van der Waals surface area contributed by atoms with Gasteiger partial charge in [0.05, 0.1) is 19.8 Å². The molecule has 0 spiro atoms. The van der Waals surface area contributed by atoms with Gasteiger partial charge in [0.25, 0.3) is 5.91 Å². The number of allylic oxidation sites excluding steroid dienone is 1. The third-order valence-corrected chi connectivity index (χ3v) is 5.96. The molecule has 1 aromatic heterocycles. The molecule has 0 saturated carbocycles. The van der Waals surface area contributed by atoms with Crippen LogP contribution >= 0.6 is 0 Å². The van der Waals surface area contributed by atoms with Gasteiger partial charge < -0.3 is 20.1 Å². The molecule has 182 valence electrons. The van der Waals surface area contributed by atoms with Crippen LogP contribution in [0.25, 0.3) is 11.4 Å². The highest BCUT2D eigenvalue weighted by Gasteiger charge is 2.36. The van der Waals surface area contributed by atoms with E-state index in [-0.39, 0.29) is 11.7 Å². The second kappa shape index (κ2) is 9.53. The van der Waals surface area contributed by atoms with Crippen LogP contribution in [0, 0.1) is 5.82 Å². The molecule has 1 aliphatic heterocycles. The molecule has 1 amide bonds. The Morgan fingerprint density at radius 1 is 1.03 bits per heavy atom. The van der Waals surface area contributed by atoms with Crippen LogP contribution in [-0.4, -0.2) is 34.9 Å². The molecule has 4 aromatic rings. The summed E-state index contributed by atoms with van der Waals surface area (Å²) in [5.41, 5.74) is 3.03. The number of amides is 1. The number of methoxy groups -OCH3 is 2. The fourth-order valence-electron chi connectivity index (χ4n) is 4.23. The van der Waals surface area contributed by atoms with Crippen molar-refractivity contribution in [3.05, 3.63) is 95.4 Å². The molecule has 1 atom stereocenters. The summed E-state index contributed by atoms with van der Waals surface area (Å²) in [5, 5.41) is 10.9. The zero-order chi connectivity index (χ0) is 25.2. The van der Waals surface area contributed by atoms with Gasteiger partial charge in [-0.1, -0.05) is 18.2 Å². The van der Waals surface area contributed by atoms with Crippen molar-refractivity contribution in [3.63, 3.8) is 0 Å². The molecular formula is C27H24FN5O3. The SMILES string of the molecule is COc1ccc(OC)c(C2C(C(=O)Nc3ccccc3)=C(C)Nc3nc(-c4ccc(F)cc4)nn32)c1. The summed E-state index contributed by atoms with van der Waals surface area (Å²) in [6, 6.07) is 19.9. The number of para-hydroxylation sites is 1. The molecule has 8 nitrogen and oxygen atoms in total. The summed E-state index contributed by atoms with van der Waals surface area (Å²) in [7, 11) is 3.14. The molecular weight excluding hydrogens is 461 g/mol. The Hall–Kier alpha value is -4.66. The molecule has 5 rings (SSSR count). The zero-order valence-electron chi connectivity index (χ0n) is 19.9. The summed E-state index contributed by atoms with van der Waals surface area (Å²) in [6.45, 7) is 1.81. The average molecular weight is 486 g/mol. The highest BCUT2D eigenvalue weighted by Crippen LogP contribution is 2.41. The van der Waals surface area contributed by atoms with Crippen LogP contribution in [0.5, 0.6) is 11.5 Å². The van der Waals surface area contributed by atoms with Gasteiger partial charge in [-0.3, -0.25) is 4.79 Å². The molecule has 1 unspecified atom stereocenters. The first-order valence-electron chi connectivity index (χ1n) is 11.3. The zero-order valence-corrected chi connectivity index (χ0v) is 19.9. The number of halogens is 1. The van der Waals surface area contributed by atoms with E-state index >= 15 is 0 Å². The number of carbonyl (C=O) groups excluding carboxylic acids is 1. The van der Waals surface area contributed by atoms with E-state index in [1.807, 2.05) is 43.3 Å². The van der Waals surface area contributed by atoms with Crippen LogP contribution in [-0.2, 0) is 4.79 Å². The van der Waals surface area contributed by atoms with E-state index in [0.29, 0.717) is 51.4 Å². The van der Waals surface area contributed by atoms with Crippen LogP contribution in [0.1, 0.15) is 18.5 Å². The highest BCUT2D eigenvalue weighted by atomic mass is 19.1. The van der Waals surface area contributed by atoms with Gasteiger partial charge in [0.15, 0.2) is 5.82 Å². The number of rotatable bonds is 6. The summed E-state index contributed by atoms with van der Waals surface area (Å²) in [6.07, 6.45) is 0. The standard InChI is InChI=1S/C27H24FN5O3/c1-16-23(26(34)30-19-7-5-4-6-8-19)24(21-15-20(35-2)13-14-22(21)36-3)33-27(29-16)31-25(32-33)17-9-11-18(28)12-10-17/h4-15,24H,1-3H3,(H,30,34)(H,29,31,32). The summed E-state index contributed by atoms with van der Waals surface area (Å²) < 4.78 is 26.3. The first kappa shape index (κ1) is 23.1. The molecule has 1 aliphatic rings. The van der Waals surface area contributed by atoms with Crippen molar-refractivity contribution in [2.45, 2.75) is 13.0 Å². The van der Waals surface area contributed by atoms with Gasteiger partial charge in [-0.2, -0.15) is 4.98 Å². The molecule has 2 N–H and O–H groups in total. The van der Waals surface area contributed by atoms with Crippen LogP contribution in [0.3, 0.4) is 0 Å². The predicted octanol–water partition coefficient (Wildman–Crippen LogP) is 5.03. The Kier molecular flexibility index (Phi) is 6.12. The lowest BCUT2D eigenvalue weighted by atomic mass is 9.94. The Morgan fingerprint density at radius 3 is 2.47 bits per heavy atom. The van der Waals surface area contributed by atoms with Crippen molar-refractivity contribution >= 4 is 17.5 Å². The van der Waals surface area contributed by atoms with Crippen molar-refractivity contribution in [1.82, 2.24) is 14.8 Å². The van der Waals surface area contributed by atoms with Crippen molar-refractivity contribution in [1.29, 1.82) is 0 Å². The normalized spacial score (nSPS) is 14.6. The lowest BCUT2D eigenvalue weighted by Gasteiger charge is -2.29. The van der Waals surface area contributed by atoms with Gasteiger partial charge >= 0.3 is 0 Å². The topological polar surface area (TPSA) is 90.3 Å². The Bertz CT molecular complexity index is 1450. The number of nitrogens with one attached hydrogen (secondary N) is 2. The molecule has 0 bridgehead atoms. The van der Waals surface area contributed by atoms with Crippen LogP contribution < -0.4 is 20.1 Å². The van der Waals surface area contributed by atoms with Crippen molar-refractivity contribution in [2.24, 2.45) is 0 Å².